The van der Waals surface area contributed by atoms with Crippen molar-refractivity contribution < 1.29 is 14.4 Å². The van der Waals surface area contributed by atoms with Crippen LogP contribution in [0.4, 0.5) is 0 Å². The summed E-state index contributed by atoms with van der Waals surface area (Å²) in [7, 11) is 0. The van der Waals surface area contributed by atoms with Crippen LogP contribution in [0.1, 0.15) is 59.8 Å². The molecule has 3 nitrogen and oxygen atoms in total. The molecule has 1 fully saturated rings. The quantitative estimate of drug-likeness (QED) is 0.558. The molecule has 0 aromatic heterocycles. The van der Waals surface area contributed by atoms with Crippen molar-refractivity contribution in [2.24, 2.45) is 17.3 Å². The van der Waals surface area contributed by atoms with E-state index < -0.39 is 17.3 Å². The van der Waals surface area contributed by atoms with Crippen molar-refractivity contribution in [1.29, 1.82) is 0 Å². The van der Waals surface area contributed by atoms with E-state index in [1.807, 2.05) is 0 Å². The molecule has 1 aliphatic rings. The molecule has 0 amide bonds. The molecular weight excluding hydrogens is 228 g/mol. The Bertz CT molecular complexity index is 355. The van der Waals surface area contributed by atoms with E-state index in [0.29, 0.717) is 6.42 Å². The maximum absolute atomic E-state index is 12.2. The summed E-state index contributed by atoms with van der Waals surface area (Å²) in [5.41, 5.74) is -0.983. The van der Waals surface area contributed by atoms with Crippen molar-refractivity contribution in [3.63, 3.8) is 0 Å². The predicted octanol–water partition coefficient (Wildman–Crippen LogP) is 2.96. The maximum Gasteiger partial charge on any atom is 0.156 e. The fraction of sp³-hybridized carbons (Fsp3) is 0.800. The highest BCUT2D eigenvalue weighted by molar-refractivity contribution is 6.25. The van der Waals surface area contributed by atoms with E-state index >= 15 is 0 Å². The highest BCUT2D eigenvalue weighted by Gasteiger charge is 2.51. The number of Topliss-reactive ketones (excluding diaryl/α,β-unsaturated/α-hetero) is 3. The van der Waals surface area contributed by atoms with Crippen molar-refractivity contribution in [1.82, 2.24) is 0 Å². The van der Waals surface area contributed by atoms with Gasteiger partial charge < -0.3 is 0 Å². The summed E-state index contributed by atoms with van der Waals surface area (Å²) in [6.45, 7) is 7.07. The van der Waals surface area contributed by atoms with Crippen LogP contribution in [0.2, 0.25) is 0 Å². The Morgan fingerprint density at radius 2 is 1.61 bits per heavy atom. The highest BCUT2D eigenvalue weighted by atomic mass is 16.2. The van der Waals surface area contributed by atoms with E-state index in [2.05, 4.69) is 6.92 Å². The minimum atomic E-state index is -0.983. The van der Waals surface area contributed by atoms with Crippen LogP contribution in [0, 0.1) is 17.3 Å². The van der Waals surface area contributed by atoms with Crippen LogP contribution in [0.25, 0.3) is 0 Å². The van der Waals surface area contributed by atoms with Gasteiger partial charge in [0.25, 0.3) is 0 Å². The molecule has 1 rings (SSSR count). The molecule has 0 saturated heterocycles. The van der Waals surface area contributed by atoms with Gasteiger partial charge in [-0.25, -0.2) is 0 Å². The lowest BCUT2D eigenvalue weighted by Gasteiger charge is -2.34. The Kier molecular flexibility index (Phi) is 4.83. The normalized spacial score (nSPS) is 27.7. The Morgan fingerprint density at radius 1 is 1.00 bits per heavy atom. The smallest absolute Gasteiger partial charge is 0.156 e. The summed E-state index contributed by atoms with van der Waals surface area (Å²) >= 11 is 0. The lowest BCUT2D eigenvalue weighted by atomic mass is 9.64. The first-order valence-electron chi connectivity index (χ1n) is 6.96. The molecule has 3 heteroatoms. The first-order valence-corrected chi connectivity index (χ1v) is 6.96. The topological polar surface area (TPSA) is 51.2 Å². The van der Waals surface area contributed by atoms with Gasteiger partial charge in [0.2, 0.25) is 0 Å². The average Bonchev–Trinajstić information content (AvgIpc) is 2.34. The molecule has 102 valence electrons. The van der Waals surface area contributed by atoms with Crippen molar-refractivity contribution >= 4 is 17.3 Å². The molecule has 1 aliphatic carbocycles. The van der Waals surface area contributed by atoms with Crippen molar-refractivity contribution in [3.05, 3.63) is 0 Å². The Hall–Kier alpha value is -0.990. The summed E-state index contributed by atoms with van der Waals surface area (Å²) < 4.78 is 0. The van der Waals surface area contributed by atoms with Crippen LogP contribution in [0.15, 0.2) is 0 Å². The average molecular weight is 252 g/mol. The number of hydrogen-bond acceptors (Lipinski definition) is 3. The number of hydrogen-bond donors (Lipinski definition) is 0. The lowest BCUT2D eigenvalue weighted by Crippen LogP contribution is -2.52. The zero-order valence-corrected chi connectivity index (χ0v) is 11.9. The molecule has 0 aliphatic heterocycles. The third kappa shape index (κ3) is 2.70. The largest absolute Gasteiger partial charge is 0.298 e. The Labute approximate surface area is 109 Å². The number of carbonyl (C=O) groups is 3. The highest BCUT2D eigenvalue weighted by Crippen LogP contribution is 2.36. The monoisotopic (exact) mass is 252 g/mol. The number of carbonyl (C=O) groups excluding carboxylic acids is 3. The van der Waals surface area contributed by atoms with E-state index in [4.69, 9.17) is 0 Å². The first kappa shape index (κ1) is 15.1. The fourth-order valence-corrected chi connectivity index (χ4v) is 2.71. The number of unbranched alkanes of at least 4 members (excludes halogenated alkanes) is 3. The second-order valence-electron chi connectivity index (χ2n) is 5.88. The molecular formula is C15H24O3. The van der Waals surface area contributed by atoms with Crippen LogP contribution in [0.5, 0.6) is 0 Å². The van der Waals surface area contributed by atoms with Gasteiger partial charge in [-0.15, -0.1) is 0 Å². The summed E-state index contributed by atoms with van der Waals surface area (Å²) in [6, 6.07) is 0. The molecule has 0 heterocycles. The van der Waals surface area contributed by atoms with Crippen molar-refractivity contribution in [3.8, 4) is 0 Å². The van der Waals surface area contributed by atoms with Crippen LogP contribution in [-0.4, -0.2) is 17.3 Å². The van der Waals surface area contributed by atoms with Gasteiger partial charge in [0.05, 0.1) is 17.3 Å². The van der Waals surface area contributed by atoms with E-state index in [1.54, 1.807) is 20.8 Å². The zero-order chi connectivity index (χ0) is 13.9. The molecule has 1 saturated carbocycles. The van der Waals surface area contributed by atoms with Gasteiger partial charge in [0.15, 0.2) is 17.3 Å². The van der Waals surface area contributed by atoms with E-state index in [0.717, 1.165) is 25.7 Å². The minimum Gasteiger partial charge on any atom is -0.298 e. The summed E-state index contributed by atoms with van der Waals surface area (Å²) in [4.78, 5) is 36.2. The Morgan fingerprint density at radius 3 is 2.17 bits per heavy atom. The van der Waals surface area contributed by atoms with Gasteiger partial charge in [-0.2, -0.15) is 0 Å². The molecule has 0 bridgehead atoms. The molecule has 0 aromatic rings. The van der Waals surface area contributed by atoms with E-state index in [-0.39, 0.29) is 17.3 Å². The first-order chi connectivity index (χ1) is 8.34. The van der Waals surface area contributed by atoms with Crippen LogP contribution in [0.3, 0.4) is 0 Å². The molecule has 2 unspecified atom stereocenters. The van der Waals surface area contributed by atoms with E-state index in [9.17, 15) is 14.4 Å². The van der Waals surface area contributed by atoms with Gasteiger partial charge in [-0.05, 0) is 27.2 Å². The molecule has 0 spiro atoms. The standard InChI is InChI=1S/C15H24O3/c1-5-6-7-8-9-11-12(16)10(2)13(17)15(3,4)14(11)18/h10-11H,5-9H2,1-4H3. The molecule has 18 heavy (non-hydrogen) atoms. The summed E-state index contributed by atoms with van der Waals surface area (Å²) in [5.74, 6) is -1.73. The second-order valence-corrected chi connectivity index (χ2v) is 5.88. The second kappa shape index (κ2) is 5.77. The third-order valence-corrected chi connectivity index (χ3v) is 4.06. The predicted molar refractivity (Wildman–Crippen MR) is 70.2 cm³/mol. The summed E-state index contributed by atoms with van der Waals surface area (Å²) in [5, 5.41) is 0. The van der Waals surface area contributed by atoms with Crippen LogP contribution in [-0.2, 0) is 14.4 Å². The number of rotatable bonds is 5. The SMILES string of the molecule is CCCCCCC1C(=O)C(C)C(=O)C(C)(C)C1=O. The van der Waals surface area contributed by atoms with E-state index in [1.165, 1.54) is 0 Å². The zero-order valence-electron chi connectivity index (χ0n) is 11.9. The third-order valence-electron chi connectivity index (χ3n) is 4.06. The van der Waals surface area contributed by atoms with Gasteiger partial charge in [-0.1, -0.05) is 32.6 Å². The Balaban J connectivity index is 2.74. The molecule has 2 atom stereocenters. The van der Waals surface area contributed by atoms with Gasteiger partial charge in [0.1, 0.15) is 0 Å². The minimum absolute atomic E-state index is 0.166. The van der Waals surface area contributed by atoms with Crippen molar-refractivity contribution in [2.75, 3.05) is 0 Å². The van der Waals surface area contributed by atoms with Gasteiger partial charge in [0, 0.05) is 0 Å². The lowest BCUT2D eigenvalue weighted by molar-refractivity contribution is -0.154. The molecule has 0 N–H and O–H groups in total. The van der Waals surface area contributed by atoms with Gasteiger partial charge >= 0.3 is 0 Å². The molecule has 0 radical (unpaired) electrons. The number of ketones is 3. The maximum atomic E-state index is 12.2. The van der Waals surface area contributed by atoms with Crippen LogP contribution < -0.4 is 0 Å². The van der Waals surface area contributed by atoms with Crippen LogP contribution >= 0.6 is 0 Å². The molecule has 0 aromatic carbocycles. The fourth-order valence-electron chi connectivity index (χ4n) is 2.71. The van der Waals surface area contributed by atoms with Crippen molar-refractivity contribution in [2.45, 2.75) is 59.8 Å². The van der Waals surface area contributed by atoms with Gasteiger partial charge in [-0.3, -0.25) is 14.4 Å². The summed E-state index contributed by atoms with van der Waals surface area (Å²) in [6.07, 6.45) is 4.82.